The molecule has 0 unspecified atom stereocenters. The summed E-state index contributed by atoms with van der Waals surface area (Å²) in [7, 11) is -2.93. The van der Waals surface area contributed by atoms with Crippen LogP contribution in [0.15, 0.2) is 0 Å². The lowest BCUT2D eigenvalue weighted by atomic mass is 10.0. The van der Waals surface area contributed by atoms with Gasteiger partial charge in [-0.15, -0.1) is 0 Å². The van der Waals surface area contributed by atoms with Gasteiger partial charge >= 0.3 is 0 Å². The second kappa shape index (κ2) is 6.73. The van der Waals surface area contributed by atoms with E-state index >= 15 is 0 Å². The average molecular weight is 287 g/mol. The lowest BCUT2D eigenvalue weighted by molar-refractivity contribution is -0.121. The van der Waals surface area contributed by atoms with Crippen molar-refractivity contribution in [1.82, 2.24) is 5.32 Å². The molecule has 2 fully saturated rings. The molecule has 110 valence electrons. The van der Waals surface area contributed by atoms with Crippen LogP contribution in [0.5, 0.6) is 0 Å². The van der Waals surface area contributed by atoms with Crippen LogP contribution in [0.4, 0.5) is 0 Å². The Morgan fingerprint density at radius 2 is 1.84 bits per heavy atom. The zero-order chi connectivity index (χ0) is 13.7. The summed E-state index contributed by atoms with van der Waals surface area (Å²) in [5, 5.41) is 2.88. The van der Waals surface area contributed by atoms with E-state index in [0.29, 0.717) is 12.8 Å². The topological polar surface area (TPSA) is 63.2 Å². The first kappa shape index (κ1) is 14.8. The molecule has 0 aromatic carbocycles. The van der Waals surface area contributed by atoms with Gasteiger partial charge in [-0.3, -0.25) is 4.79 Å². The zero-order valence-electron chi connectivity index (χ0n) is 11.6. The number of rotatable bonds is 5. The SMILES string of the molecule is O=C(CCCC1CCCC1)N[C@H]1CCCS(=O)(=O)C1. The van der Waals surface area contributed by atoms with Crippen LogP contribution in [0.3, 0.4) is 0 Å². The zero-order valence-corrected chi connectivity index (χ0v) is 12.4. The van der Waals surface area contributed by atoms with E-state index in [1.807, 2.05) is 0 Å². The summed E-state index contributed by atoms with van der Waals surface area (Å²) >= 11 is 0. The monoisotopic (exact) mass is 287 g/mol. The van der Waals surface area contributed by atoms with Crippen molar-refractivity contribution in [3.05, 3.63) is 0 Å². The molecule has 0 bridgehead atoms. The number of amides is 1. The van der Waals surface area contributed by atoms with Gasteiger partial charge in [0.05, 0.1) is 11.5 Å². The highest BCUT2D eigenvalue weighted by Gasteiger charge is 2.25. The van der Waals surface area contributed by atoms with Crippen LogP contribution in [-0.2, 0) is 14.6 Å². The van der Waals surface area contributed by atoms with Gasteiger partial charge in [0.1, 0.15) is 0 Å². The molecule has 1 amide bonds. The fraction of sp³-hybridized carbons (Fsp3) is 0.929. The van der Waals surface area contributed by atoms with E-state index < -0.39 is 9.84 Å². The van der Waals surface area contributed by atoms with Crippen LogP contribution in [0.1, 0.15) is 57.8 Å². The van der Waals surface area contributed by atoms with E-state index in [0.717, 1.165) is 25.2 Å². The largest absolute Gasteiger partial charge is 0.352 e. The molecule has 1 saturated carbocycles. The summed E-state index contributed by atoms with van der Waals surface area (Å²) in [4.78, 5) is 11.8. The first-order chi connectivity index (χ1) is 9.05. The number of sulfone groups is 1. The van der Waals surface area contributed by atoms with Crippen molar-refractivity contribution in [3.8, 4) is 0 Å². The minimum absolute atomic E-state index is 0.0279. The summed E-state index contributed by atoms with van der Waals surface area (Å²) < 4.78 is 23.0. The van der Waals surface area contributed by atoms with Crippen molar-refractivity contribution in [2.75, 3.05) is 11.5 Å². The smallest absolute Gasteiger partial charge is 0.220 e. The third-order valence-corrected chi connectivity index (χ3v) is 6.14. The standard InChI is InChI=1S/C14H25NO3S/c16-14(9-3-7-12-5-1-2-6-12)15-13-8-4-10-19(17,18)11-13/h12-13H,1-11H2,(H,15,16)/t13-/m0/s1. The Morgan fingerprint density at radius 3 is 2.53 bits per heavy atom. The van der Waals surface area contributed by atoms with Crippen molar-refractivity contribution in [2.24, 2.45) is 5.92 Å². The van der Waals surface area contributed by atoms with Gasteiger partial charge in [-0.1, -0.05) is 25.7 Å². The first-order valence-corrected chi connectivity index (χ1v) is 9.37. The van der Waals surface area contributed by atoms with Gasteiger partial charge in [0.25, 0.3) is 0 Å². The van der Waals surface area contributed by atoms with E-state index in [-0.39, 0.29) is 23.5 Å². The maximum atomic E-state index is 11.8. The maximum absolute atomic E-state index is 11.8. The Hall–Kier alpha value is -0.580. The van der Waals surface area contributed by atoms with E-state index in [9.17, 15) is 13.2 Å². The number of hydrogen-bond acceptors (Lipinski definition) is 3. The number of hydrogen-bond donors (Lipinski definition) is 1. The Bertz CT molecular complexity index is 399. The van der Waals surface area contributed by atoms with Gasteiger partial charge in [0.2, 0.25) is 5.91 Å². The summed E-state index contributed by atoms with van der Waals surface area (Å²) in [6.45, 7) is 0. The van der Waals surface area contributed by atoms with Crippen LogP contribution in [-0.4, -0.2) is 31.9 Å². The number of carbonyl (C=O) groups is 1. The molecule has 0 aromatic rings. The predicted molar refractivity (Wildman–Crippen MR) is 75.6 cm³/mol. The second-order valence-electron chi connectivity index (χ2n) is 6.06. The molecule has 1 atom stereocenters. The first-order valence-electron chi connectivity index (χ1n) is 7.55. The fourth-order valence-corrected chi connectivity index (χ4v) is 4.92. The molecule has 0 spiro atoms. The van der Waals surface area contributed by atoms with Crippen LogP contribution in [0.25, 0.3) is 0 Å². The quantitative estimate of drug-likeness (QED) is 0.841. The van der Waals surface area contributed by atoms with Gasteiger partial charge in [0.15, 0.2) is 9.84 Å². The predicted octanol–water partition coefficient (Wildman–Crippen LogP) is 2.04. The van der Waals surface area contributed by atoms with Crippen molar-refractivity contribution in [1.29, 1.82) is 0 Å². The van der Waals surface area contributed by atoms with Gasteiger partial charge in [-0.2, -0.15) is 0 Å². The van der Waals surface area contributed by atoms with Crippen LogP contribution >= 0.6 is 0 Å². The van der Waals surface area contributed by atoms with Crippen molar-refractivity contribution >= 4 is 15.7 Å². The highest BCUT2D eigenvalue weighted by Crippen LogP contribution is 2.28. The molecule has 2 rings (SSSR count). The summed E-state index contributed by atoms with van der Waals surface area (Å²) in [5.74, 6) is 1.26. The van der Waals surface area contributed by atoms with Crippen molar-refractivity contribution < 1.29 is 13.2 Å². The van der Waals surface area contributed by atoms with Crippen LogP contribution in [0.2, 0.25) is 0 Å². The third kappa shape index (κ3) is 5.13. The number of carbonyl (C=O) groups excluding carboxylic acids is 1. The normalized spacial score (nSPS) is 27.3. The molecule has 1 aliphatic heterocycles. The summed E-state index contributed by atoms with van der Waals surface area (Å²) in [6.07, 6.45) is 9.45. The molecule has 2 aliphatic rings. The molecule has 1 aliphatic carbocycles. The van der Waals surface area contributed by atoms with Crippen molar-refractivity contribution in [3.63, 3.8) is 0 Å². The third-order valence-electron chi connectivity index (χ3n) is 4.32. The van der Waals surface area contributed by atoms with Gasteiger partial charge in [0, 0.05) is 12.5 Å². The number of nitrogens with one attached hydrogen (secondary N) is 1. The van der Waals surface area contributed by atoms with Crippen molar-refractivity contribution in [2.45, 2.75) is 63.8 Å². The second-order valence-corrected chi connectivity index (χ2v) is 8.29. The molecule has 0 radical (unpaired) electrons. The fourth-order valence-electron chi connectivity index (χ4n) is 3.29. The lowest BCUT2D eigenvalue weighted by Crippen LogP contribution is -2.43. The van der Waals surface area contributed by atoms with Crippen LogP contribution < -0.4 is 5.32 Å². The maximum Gasteiger partial charge on any atom is 0.220 e. The van der Waals surface area contributed by atoms with Gasteiger partial charge in [-0.25, -0.2) is 8.42 Å². The molecule has 1 N–H and O–H groups in total. The minimum atomic E-state index is -2.93. The Labute approximate surface area is 116 Å². The molecule has 1 saturated heterocycles. The van der Waals surface area contributed by atoms with Gasteiger partial charge in [-0.05, 0) is 31.6 Å². The molecule has 19 heavy (non-hydrogen) atoms. The van der Waals surface area contributed by atoms with E-state index in [4.69, 9.17) is 0 Å². The lowest BCUT2D eigenvalue weighted by Gasteiger charge is -2.23. The minimum Gasteiger partial charge on any atom is -0.352 e. The Kier molecular flexibility index (Phi) is 5.25. The van der Waals surface area contributed by atoms with E-state index in [2.05, 4.69) is 5.32 Å². The van der Waals surface area contributed by atoms with E-state index in [1.54, 1.807) is 0 Å². The molecule has 0 aromatic heterocycles. The highest BCUT2D eigenvalue weighted by molar-refractivity contribution is 7.91. The molecular weight excluding hydrogens is 262 g/mol. The summed E-state index contributed by atoms with van der Waals surface area (Å²) in [5.41, 5.74) is 0. The Morgan fingerprint density at radius 1 is 1.11 bits per heavy atom. The van der Waals surface area contributed by atoms with Gasteiger partial charge < -0.3 is 5.32 Å². The molecule has 4 nitrogen and oxygen atoms in total. The average Bonchev–Trinajstić information content (AvgIpc) is 2.80. The Balaban J connectivity index is 1.63. The molecule has 5 heteroatoms. The molecular formula is C14H25NO3S. The van der Waals surface area contributed by atoms with E-state index in [1.165, 1.54) is 25.7 Å². The van der Waals surface area contributed by atoms with Crippen LogP contribution in [0, 0.1) is 5.92 Å². The highest BCUT2D eigenvalue weighted by atomic mass is 32.2. The molecule has 1 heterocycles. The summed E-state index contributed by atoms with van der Waals surface area (Å²) in [6, 6.07) is -0.155.